The first-order chi connectivity index (χ1) is 7.54. The predicted octanol–water partition coefficient (Wildman–Crippen LogP) is 0.272. The fourth-order valence-electron chi connectivity index (χ4n) is 1.07. The summed E-state index contributed by atoms with van der Waals surface area (Å²) in [6, 6.07) is 4.36. The number of nitrogens with zero attached hydrogens (tertiary/aromatic N) is 1. The molecule has 0 aliphatic heterocycles. The standard InChI is InChI=1S/C9H11N3O4/c1-6-2-3-7(4-8(6)12(14)15)16-5-9(13)11-10/h2-4H,5,10H2,1H3,(H,11,13). The van der Waals surface area contributed by atoms with E-state index in [-0.39, 0.29) is 18.0 Å². The Kier molecular flexibility index (Phi) is 3.78. The third-order valence-electron chi connectivity index (χ3n) is 1.91. The Hall–Kier alpha value is -2.15. The number of rotatable bonds is 4. The molecule has 0 radical (unpaired) electrons. The second-order valence-corrected chi connectivity index (χ2v) is 3.06. The number of carbonyl (C=O) groups is 1. The van der Waals surface area contributed by atoms with E-state index in [1.807, 2.05) is 5.43 Å². The molecule has 16 heavy (non-hydrogen) atoms. The van der Waals surface area contributed by atoms with Crippen LogP contribution in [0.4, 0.5) is 5.69 Å². The molecule has 0 atom stereocenters. The second-order valence-electron chi connectivity index (χ2n) is 3.06. The Morgan fingerprint density at radius 3 is 2.88 bits per heavy atom. The molecule has 1 aromatic carbocycles. The van der Waals surface area contributed by atoms with Crippen molar-refractivity contribution >= 4 is 11.6 Å². The van der Waals surface area contributed by atoms with Crippen molar-refractivity contribution in [3.8, 4) is 5.75 Å². The monoisotopic (exact) mass is 225 g/mol. The zero-order valence-electron chi connectivity index (χ0n) is 8.60. The summed E-state index contributed by atoms with van der Waals surface area (Å²) in [5.41, 5.74) is 2.36. The third kappa shape index (κ3) is 2.92. The van der Waals surface area contributed by atoms with Crippen LogP contribution in [-0.4, -0.2) is 17.4 Å². The summed E-state index contributed by atoms with van der Waals surface area (Å²) in [4.78, 5) is 20.9. The number of hydrogen-bond acceptors (Lipinski definition) is 5. The lowest BCUT2D eigenvalue weighted by atomic mass is 10.2. The lowest BCUT2D eigenvalue weighted by molar-refractivity contribution is -0.385. The van der Waals surface area contributed by atoms with E-state index >= 15 is 0 Å². The zero-order valence-corrected chi connectivity index (χ0v) is 8.60. The highest BCUT2D eigenvalue weighted by atomic mass is 16.6. The summed E-state index contributed by atoms with van der Waals surface area (Å²) in [6.07, 6.45) is 0. The fourth-order valence-corrected chi connectivity index (χ4v) is 1.07. The summed E-state index contributed by atoms with van der Waals surface area (Å²) in [5, 5.41) is 10.6. The molecule has 0 bridgehead atoms. The van der Waals surface area contributed by atoms with Gasteiger partial charge < -0.3 is 4.74 Å². The van der Waals surface area contributed by atoms with Gasteiger partial charge in [0.2, 0.25) is 0 Å². The molecule has 1 rings (SSSR count). The first kappa shape index (κ1) is 11.9. The van der Waals surface area contributed by atoms with Crippen molar-refractivity contribution in [1.29, 1.82) is 0 Å². The Bertz CT molecular complexity index is 419. The summed E-state index contributed by atoms with van der Waals surface area (Å²) in [5.74, 6) is 4.59. The van der Waals surface area contributed by atoms with E-state index in [0.717, 1.165) is 0 Å². The molecule has 0 aliphatic carbocycles. The highest BCUT2D eigenvalue weighted by molar-refractivity contribution is 5.76. The van der Waals surface area contributed by atoms with Crippen LogP contribution in [-0.2, 0) is 4.79 Å². The van der Waals surface area contributed by atoms with E-state index in [1.54, 1.807) is 19.1 Å². The van der Waals surface area contributed by atoms with Crippen LogP contribution < -0.4 is 16.0 Å². The lowest BCUT2D eigenvalue weighted by Crippen LogP contribution is -2.34. The molecule has 0 spiro atoms. The minimum atomic E-state index is -0.511. The van der Waals surface area contributed by atoms with Crippen molar-refractivity contribution < 1.29 is 14.5 Å². The maximum atomic E-state index is 10.8. The van der Waals surface area contributed by atoms with Crippen LogP contribution in [0.15, 0.2) is 18.2 Å². The molecule has 0 aromatic heterocycles. The van der Waals surface area contributed by atoms with Gasteiger partial charge in [0.15, 0.2) is 6.61 Å². The predicted molar refractivity (Wildman–Crippen MR) is 55.7 cm³/mol. The van der Waals surface area contributed by atoms with E-state index in [0.29, 0.717) is 5.56 Å². The van der Waals surface area contributed by atoms with E-state index in [2.05, 4.69) is 0 Å². The van der Waals surface area contributed by atoms with Gasteiger partial charge in [0.25, 0.3) is 11.6 Å². The molecule has 86 valence electrons. The highest BCUT2D eigenvalue weighted by Crippen LogP contribution is 2.23. The molecule has 0 aliphatic rings. The van der Waals surface area contributed by atoms with Crippen LogP contribution in [0.1, 0.15) is 5.56 Å². The number of carbonyl (C=O) groups excluding carboxylic acids is 1. The number of nitro groups is 1. The number of hydrogen-bond donors (Lipinski definition) is 2. The molecule has 7 heteroatoms. The Balaban J connectivity index is 2.79. The number of aryl methyl sites for hydroxylation is 1. The van der Waals surface area contributed by atoms with Crippen molar-refractivity contribution in [3.05, 3.63) is 33.9 Å². The molecular weight excluding hydrogens is 214 g/mol. The SMILES string of the molecule is Cc1ccc(OCC(=O)NN)cc1[N+](=O)[O-]. The average Bonchev–Trinajstić information content (AvgIpc) is 2.27. The number of nitrogens with two attached hydrogens (primary N) is 1. The van der Waals surface area contributed by atoms with Crippen LogP contribution >= 0.6 is 0 Å². The normalized spacial score (nSPS) is 9.62. The van der Waals surface area contributed by atoms with Crippen LogP contribution in [0, 0.1) is 17.0 Å². The first-order valence-corrected chi connectivity index (χ1v) is 4.42. The molecule has 0 saturated carbocycles. The number of hydrazine groups is 1. The van der Waals surface area contributed by atoms with E-state index in [9.17, 15) is 14.9 Å². The molecule has 7 nitrogen and oxygen atoms in total. The van der Waals surface area contributed by atoms with Gasteiger partial charge >= 0.3 is 0 Å². The summed E-state index contributed by atoms with van der Waals surface area (Å²) < 4.78 is 5.01. The third-order valence-corrected chi connectivity index (χ3v) is 1.91. The minimum Gasteiger partial charge on any atom is -0.483 e. The topological polar surface area (TPSA) is 107 Å². The lowest BCUT2D eigenvalue weighted by Gasteiger charge is -2.05. The van der Waals surface area contributed by atoms with Gasteiger partial charge in [-0.15, -0.1) is 0 Å². The zero-order chi connectivity index (χ0) is 12.1. The maximum absolute atomic E-state index is 10.8. The fraction of sp³-hybridized carbons (Fsp3) is 0.222. The van der Waals surface area contributed by atoms with Gasteiger partial charge in [-0.25, -0.2) is 5.84 Å². The van der Waals surface area contributed by atoms with Crippen molar-refractivity contribution in [2.45, 2.75) is 6.92 Å². The highest BCUT2D eigenvalue weighted by Gasteiger charge is 2.12. The molecule has 1 aromatic rings. The van der Waals surface area contributed by atoms with Crippen molar-refractivity contribution in [2.24, 2.45) is 5.84 Å². The number of nitro benzene ring substituents is 1. The van der Waals surface area contributed by atoms with E-state index in [1.165, 1.54) is 6.07 Å². The van der Waals surface area contributed by atoms with Crippen molar-refractivity contribution in [1.82, 2.24) is 5.43 Å². The van der Waals surface area contributed by atoms with Crippen molar-refractivity contribution in [3.63, 3.8) is 0 Å². The molecular formula is C9H11N3O4. The summed E-state index contributed by atoms with van der Waals surface area (Å²) in [7, 11) is 0. The Morgan fingerprint density at radius 1 is 1.62 bits per heavy atom. The van der Waals surface area contributed by atoms with Crippen LogP contribution in [0.5, 0.6) is 5.75 Å². The number of benzene rings is 1. The Labute approximate surface area is 91.3 Å². The molecule has 0 unspecified atom stereocenters. The van der Waals surface area contributed by atoms with Gasteiger partial charge in [-0.3, -0.25) is 20.3 Å². The molecule has 3 N–H and O–H groups in total. The van der Waals surface area contributed by atoms with Gasteiger partial charge in [-0.2, -0.15) is 0 Å². The molecule has 0 fully saturated rings. The minimum absolute atomic E-state index is 0.0503. The summed E-state index contributed by atoms with van der Waals surface area (Å²) in [6.45, 7) is 1.34. The smallest absolute Gasteiger partial charge is 0.276 e. The molecule has 1 amide bonds. The van der Waals surface area contributed by atoms with Gasteiger partial charge in [0, 0.05) is 5.56 Å². The molecule has 0 saturated heterocycles. The number of ether oxygens (including phenoxy) is 1. The van der Waals surface area contributed by atoms with Gasteiger partial charge in [0.1, 0.15) is 5.75 Å². The maximum Gasteiger partial charge on any atom is 0.276 e. The average molecular weight is 225 g/mol. The van der Waals surface area contributed by atoms with Crippen molar-refractivity contribution in [2.75, 3.05) is 6.61 Å². The van der Waals surface area contributed by atoms with Crippen LogP contribution in [0.2, 0.25) is 0 Å². The van der Waals surface area contributed by atoms with Gasteiger partial charge in [0.05, 0.1) is 11.0 Å². The van der Waals surface area contributed by atoms with Gasteiger partial charge in [-0.1, -0.05) is 0 Å². The largest absolute Gasteiger partial charge is 0.483 e. The van der Waals surface area contributed by atoms with Crippen LogP contribution in [0.3, 0.4) is 0 Å². The van der Waals surface area contributed by atoms with Gasteiger partial charge in [-0.05, 0) is 19.1 Å². The second kappa shape index (κ2) is 5.08. The quantitative estimate of drug-likeness (QED) is 0.331. The number of nitrogens with one attached hydrogen (secondary N) is 1. The first-order valence-electron chi connectivity index (χ1n) is 4.42. The van der Waals surface area contributed by atoms with E-state index in [4.69, 9.17) is 10.6 Å². The van der Waals surface area contributed by atoms with Crippen LogP contribution in [0.25, 0.3) is 0 Å². The Morgan fingerprint density at radius 2 is 2.31 bits per heavy atom. The molecule has 0 heterocycles. The van der Waals surface area contributed by atoms with E-state index < -0.39 is 10.8 Å². The summed E-state index contributed by atoms with van der Waals surface area (Å²) >= 11 is 0. The number of amides is 1.